The van der Waals surface area contributed by atoms with Crippen molar-refractivity contribution in [3.8, 4) is 5.75 Å². The van der Waals surface area contributed by atoms with E-state index in [1.54, 1.807) is 54.6 Å². The van der Waals surface area contributed by atoms with Crippen molar-refractivity contribution in [2.45, 2.75) is 6.61 Å². The molecule has 9 heteroatoms. The van der Waals surface area contributed by atoms with Crippen LogP contribution in [0.1, 0.15) is 20.8 Å². The van der Waals surface area contributed by atoms with E-state index in [0.29, 0.717) is 27.8 Å². The molecule has 7 nitrogen and oxygen atoms in total. The van der Waals surface area contributed by atoms with Crippen LogP contribution in [0.2, 0.25) is 5.02 Å². The third-order valence-corrected chi connectivity index (χ3v) is 4.81. The second kappa shape index (κ2) is 9.12. The molecule has 3 rings (SSSR count). The normalized spacial score (nSPS) is 10.8. The van der Waals surface area contributed by atoms with Crippen molar-refractivity contribution in [3.63, 3.8) is 0 Å². The van der Waals surface area contributed by atoms with Crippen LogP contribution in [0.25, 0.3) is 0 Å². The van der Waals surface area contributed by atoms with Gasteiger partial charge in [-0.05, 0) is 48.0 Å². The Labute approximate surface area is 169 Å². The standard InChI is InChI=1S/C19H14ClN3O4S/c20-15-5-7-16(8-6-15)27-12-13-1-3-14(4-2-13)19(24)22-21-11-17-9-10-18(28-17)23(25)26/h1-11H,12H2,(H,22,24)/b21-11+. The Kier molecular flexibility index (Phi) is 6.36. The fourth-order valence-electron chi connectivity index (χ4n) is 2.18. The molecule has 0 spiro atoms. The molecule has 1 N–H and O–H groups in total. The summed E-state index contributed by atoms with van der Waals surface area (Å²) in [6.07, 6.45) is 1.36. The Balaban J connectivity index is 1.52. The van der Waals surface area contributed by atoms with Crippen LogP contribution in [0.4, 0.5) is 5.00 Å². The van der Waals surface area contributed by atoms with Gasteiger partial charge in [-0.25, -0.2) is 5.43 Å². The van der Waals surface area contributed by atoms with Crippen molar-refractivity contribution in [1.29, 1.82) is 0 Å². The van der Waals surface area contributed by atoms with E-state index in [1.807, 2.05) is 0 Å². The molecule has 2 aromatic carbocycles. The fourth-order valence-corrected chi connectivity index (χ4v) is 3.00. The predicted octanol–water partition coefficient (Wildman–Crippen LogP) is 4.65. The summed E-state index contributed by atoms with van der Waals surface area (Å²) >= 11 is 6.80. The Morgan fingerprint density at radius 1 is 1.14 bits per heavy atom. The summed E-state index contributed by atoms with van der Waals surface area (Å²) in [5.41, 5.74) is 3.73. The average molecular weight is 416 g/mol. The fraction of sp³-hybridized carbons (Fsp3) is 0.0526. The van der Waals surface area contributed by atoms with Crippen molar-refractivity contribution in [3.05, 3.63) is 91.8 Å². The molecule has 0 bridgehead atoms. The first-order chi connectivity index (χ1) is 13.5. The second-order valence-corrected chi connectivity index (χ2v) is 7.10. The van der Waals surface area contributed by atoms with Gasteiger partial charge in [-0.15, -0.1) is 0 Å². The molecule has 0 saturated carbocycles. The third kappa shape index (κ3) is 5.38. The number of nitro groups is 1. The van der Waals surface area contributed by atoms with E-state index in [0.717, 1.165) is 16.9 Å². The van der Waals surface area contributed by atoms with Gasteiger partial charge >= 0.3 is 5.00 Å². The number of thiophene rings is 1. The lowest BCUT2D eigenvalue weighted by atomic mass is 10.1. The van der Waals surface area contributed by atoms with E-state index in [-0.39, 0.29) is 10.9 Å². The molecule has 0 atom stereocenters. The van der Waals surface area contributed by atoms with Crippen molar-refractivity contribution < 1.29 is 14.5 Å². The van der Waals surface area contributed by atoms with E-state index in [2.05, 4.69) is 10.5 Å². The number of amides is 1. The highest BCUT2D eigenvalue weighted by Crippen LogP contribution is 2.22. The largest absolute Gasteiger partial charge is 0.489 e. The van der Waals surface area contributed by atoms with Gasteiger partial charge in [0.25, 0.3) is 5.91 Å². The molecule has 0 saturated heterocycles. The van der Waals surface area contributed by atoms with E-state index in [9.17, 15) is 14.9 Å². The highest BCUT2D eigenvalue weighted by atomic mass is 35.5. The number of benzene rings is 2. The molecule has 142 valence electrons. The van der Waals surface area contributed by atoms with E-state index < -0.39 is 4.92 Å². The van der Waals surface area contributed by atoms with Crippen molar-refractivity contribution in [2.24, 2.45) is 5.10 Å². The molecule has 1 amide bonds. The number of ether oxygens (including phenoxy) is 1. The molecule has 0 aliphatic rings. The maximum Gasteiger partial charge on any atom is 0.324 e. The van der Waals surface area contributed by atoms with Crippen LogP contribution in [0.3, 0.4) is 0 Å². The van der Waals surface area contributed by atoms with Crippen LogP contribution in [0, 0.1) is 10.1 Å². The lowest BCUT2D eigenvalue weighted by molar-refractivity contribution is -0.380. The van der Waals surface area contributed by atoms with Crippen LogP contribution in [-0.4, -0.2) is 17.0 Å². The Morgan fingerprint density at radius 2 is 1.86 bits per heavy atom. The first-order valence-electron chi connectivity index (χ1n) is 8.06. The van der Waals surface area contributed by atoms with Gasteiger partial charge in [-0.2, -0.15) is 5.10 Å². The lowest BCUT2D eigenvalue weighted by Crippen LogP contribution is -2.17. The molecular weight excluding hydrogens is 402 g/mol. The van der Waals surface area contributed by atoms with Crippen LogP contribution in [-0.2, 0) is 6.61 Å². The van der Waals surface area contributed by atoms with Gasteiger partial charge < -0.3 is 4.74 Å². The summed E-state index contributed by atoms with van der Waals surface area (Å²) in [6, 6.07) is 16.9. The Morgan fingerprint density at radius 3 is 2.50 bits per heavy atom. The molecule has 0 radical (unpaired) electrons. The molecule has 0 aliphatic heterocycles. The minimum absolute atomic E-state index is 0.0178. The number of rotatable bonds is 7. The number of nitrogens with zero attached hydrogens (tertiary/aromatic N) is 2. The summed E-state index contributed by atoms with van der Waals surface area (Å²) in [7, 11) is 0. The van der Waals surface area contributed by atoms with Crippen LogP contribution < -0.4 is 10.2 Å². The molecule has 1 heterocycles. The molecule has 0 fully saturated rings. The zero-order valence-electron chi connectivity index (χ0n) is 14.4. The SMILES string of the molecule is O=C(N/N=C/c1ccc([N+](=O)[O-])s1)c1ccc(COc2ccc(Cl)cc2)cc1. The number of carbonyl (C=O) groups excluding carboxylic acids is 1. The van der Waals surface area contributed by atoms with Gasteiger partial charge in [0.05, 0.1) is 16.0 Å². The van der Waals surface area contributed by atoms with Gasteiger partial charge in [0.2, 0.25) is 0 Å². The van der Waals surface area contributed by atoms with Gasteiger partial charge in [0.1, 0.15) is 12.4 Å². The monoisotopic (exact) mass is 415 g/mol. The first-order valence-corrected chi connectivity index (χ1v) is 9.25. The number of carbonyl (C=O) groups is 1. The first kappa shape index (κ1) is 19.5. The van der Waals surface area contributed by atoms with Crippen molar-refractivity contribution in [1.82, 2.24) is 5.43 Å². The third-order valence-electron chi connectivity index (χ3n) is 3.59. The zero-order chi connectivity index (χ0) is 19.9. The summed E-state index contributed by atoms with van der Waals surface area (Å²) in [6.45, 7) is 0.360. The van der Waals surface area contributed by atoms with Gasteiger partial charge in [0, 0.05) is 16.7 Å². The second-order valence-electron chi connectivity index (χ2n) is 5.57. The Bertz CT molecular complexity index is 1000. The van der Waals surface area contributed by atoms with Gasteiger partial charge in [-0.3, -0.25) is 14.9 Å². The predicted molar refractivity (Wildman–Crippen MR) is 108 cm³/mol. The quantitative estimate of drug-likeness (QED) is 0.345. The molecule has 3 aromatic rings. The van der Waals surface area contributed by atoms with Gasteiger partial charge in [0.15, 0.2) is 0 Å². The molecule has 0 unspecified atom stereocenters. The van der Waals surface area contributed by atoms with Gasteiger partial charge in [-0.1, -0.05) is 35.1 Å². The summed E-state index contributed by atoms with van der Waals surface area (Å²) in [5.74, 6) is 0.321. The molecule has 0 aliphatic carbocycles. The molecule has 28 heavy (non-hydrogen) atoms. The summed E-state index contributed by atoms with van der Waals surface area (Å²) in [4.78, 5) is 22.8. The van der Waals surface area contributed by atoms with Crippen LogP contribution >= 0.6 is 22.9 Å². The number of hydrogen-bond acceptors (Lipinski definition) is 6. The average Bonchev–Trinajstić information content (AvgIpc) is 3.17. The van der Waals surface area contributed by atoms with Crippen molar-refractivity contribution in [2.75, 3.05) is 0 Å². The lowest BCUT2D eigenvalue weighted by Gasteiger charge is -2.07. The van der Waals surface area contributed by atoms with Crippen LogP contribution in [0.15, 0.2) is 65.8 Å². The molecule has 1 aromatic heterocycles. The maximum atomic E-state index is 12.1. The minimum Gasteiger partial charge on any atom is -0.489 e. The summed E-state index contributed by atoms with van der Waals surface area (Å²) in [5, 5.41) is 15.1. The number of hydrogen-bond donors (Lipinski definition) is 1. The maximum absolute atomic E-state index is 12.1. The van der Waals surface area contributed by atoms with E-state index in [1.165, 1.54) is 12.3 Å². The Hall–Kier alpha value is -3.23. The van der Waals surface area contributed by atoms with Crippen molar-refractivity contribution >= 4 is 40.1 Å². The zero-order valence-corrected chi connectivity index (χ0v) is 15.9. The minimum atomic E-state index is -0.473. The highest BCUT2D eigenvalue weighted by molar-refractivity contribution is 7.16. The molecular formula is C19H14ClN3O4S. The number of halogens is 1. The van der Waals surface area contributed by atoms with E-state index >= 15 is 0 Å². The highest BCUT2D eigenvalue weighted by Gasteiger charge is 2.08. The number of nitrogens with one attached hydrogen (secondary N) is 1. The topological polar surface area (TPSA) is 93.8 Å². The van der Waals surface area contributed by atoms with Crippen LogP contribution in [0.5, 0.6) is 5.75 Å². The number of hydrazone groups is 1. The smallest absolute Gasteiger partial charge is 0.324 e. The summed E-state index contributed by atoms with van der Waals surface area (Å²) < 4.78 is 5.65. The van der Waals surface area contributed by atoms with E-state index in [4.69, 9.17) is 16.3 Å².